The number of carbonyl (C=O) groups excluding carboxylic acids is 2. The van der Waals surface area contributed by atoms with Crippen molar-refractivity contribution in [3.8, 4) is 0 Å². The zero-order valence-electron chi connectivity index (χ0n) is 13.3. The topological polar surface area (TPSA) is 75.4 Å². The van der Waals surface area contributed by atoms with E-state index in [-0.39, 0.29) is 29.5 Å². The molecule has 0 aromatic carbocycles. The van der Waals surface area contributed by atoms with Crippen molar-refractivity contribution in [1.29, 1.82) is 0 Å². The Kier molecular flexibility index (Phi) is 5.26. The van der Waals surface area contributed by atoms with Gasteiger partial charge in [-0.05, 0) is 28.1 Å². The Morgan fingerprint density at radius 3 is 2.61 bits per heavy atom. The highest BCUT2D eigenvalue weighted by Gasteiger charge is 2.20. The zero-order valence-corrected chi connectivity index (χ0v) is 15.7. The van der Waals surface area contributed by atoms with E-state index in [2.05, 4.69) is 47.0 Å². The second kappa shape index (κ2) is 6.84. The van der Waals surface area contributed by atoms with Gasteiger partial charge in [-0.1, -0.05) is 20.8 Å². The zero-order chi connectivity index (χ0) is 17.2. The predicted molar refractivity (Wildman–Crippen MR) is 92.8 cm³/mol. The molecular formula is C15H18BrN3O3S. The lowest BCUT2D eigenvalue weighted by Crippen LogP contribution is -2.34. The fraction of sp³-hybridized carbons (Fsp3) is 0.400. The van der Waals surface area contributed by atoms with Crippen molar-refractivity contribution >= 4 is 44.2 Å². The molecule has 2 heterocycles. The number of likely N-dealkylation sites (N-methyl/N-ethyl adjacent to an activating group) is 1. The number of furan rings is 1. The van der Waals surface area contributed by atoms with Gasteiger partial charge in [0.15, 0.2) is 15.6 Å². The molecule has 23 heavy (non-hydrogen) atoms. The molecule has 0 radical (unpaired) electrons. The van der Waals surface area contributed by atoms with E-state index < -0.39 is 0 Å². The summed E-state index contributed by atoms with van der Waals surface area (Å²) in [4.78, 5) is 29.8. The molecule has 2 rings (SSSR count). The fourth-order valence-electron chi connectivity index (χ4n) is 1.74. The minimum atomic E-state index is -0.361. The summed E-state index contributed by atoms with van der Waals surface area (Å²) in [5.41, 5.74) is 0.849. The number of hydrogen-bond acceptors (Lipinski definition) is 5. The van der Waals surface area contributed by atoms with E-state index in [1.807, 2.05) is 5.38 Å². The average Bonchev–Trinajstić information content (AvgIpc) is 3.06. The highest BCUT2D eigenvalue weighted by atomic mass is 79.9. The van der Waals surface area contributed by atoms with Crippen LogP contribution < -0.4 is 5.32 Å². The molecule has 0 saturated heterocycles. The first kappa shape index (κ1) is 17.7. The van der Waals surface area contributed by atoms with Crippen LogP contribution in [0.25, 0.3) is 0 Å². The van der Waals surface area contributed by atoms with Crippen LogP contribution in [0.4, 0.5) is 5.13 Å². The van der Waals surface area contributed by atoms with Crippen molar-refractivity contribution in [1.82, 2.24) is 9.88 Å². The number of thiazole rings is 1. The molecule has 0 saturated carbocycles. The number of halogens is 1. The number of rotatable bonds is 4. The Labute approximate surface area is 147 Å². The van der Waals surface area contributed by atoms with Gasteiger partial charge in [-0.2, -0.15) is 0 Å². The fourth-order valence-corrected chi connectivity index (χ4v) is 3.00. The maximum absolute atomic E-state index is 12.1. The summed E-state index contributed by atoms with van der Waals surface area (Å²) in [5, 5.41) is 5.16. The lowest BCUT2D eigenvalue weighted by atomic mass is 9.93. The van der Waals surface area contributed by atoms with Crippen LogP contribution in [0.15, 0.2) is 26.6 Å². The summed E-state index contributed by atoms with van der Waals surface area (Å²) in [6.07, 6.45) is 0. The van der Waals surface area contributed by atoms with Crippen LogP contribution in [0.3, 0.4) is 0 Å². The molecule has 0 spiro atoms. The van der Waals surface area contributed by atoms with E-state index in [0.29, 0.717) is 9.80 Å². The third-order valence-corrected chi connectivity index (χ3v) is 4.21. The molecule has 124 valence electrons. The number of nitrogens with zero attached hydrogens (tertiary/aromatic N) is 2. The molecule has 0 unspecified atom stereocenters. The molecule has 0 bridgehead atoms. The van der Waals surface area contributed by atoms with E-state index in [1.54, 1.807) is 19.2 Å². The molecule has 8 heteroatoms. The molecular weight excluding hydrogens is 382 g/mol. The molecule has 1 N–H and O–H groups in total. The highest BCUT2D eigenvalue weighted by molar-refractivity contribution is 9.10. The van der Waals surface area contributed by atoms with E-state index in [9.17, 15) is 9.59 Å². The van der Waals surface area contributed by atoms with Gasteiger partial charge in [0.2, 0.25) is 5.91 Å². The monoisotopic (exact) mass is 399 g/mol. The van der Waals surface area contributed by atoms with Crippen molar-refractivity contribution in [3.05, 3.63) is 33.6 Å². The number of carbonyl (C=O) groups is 2. The van der Waals surface area contributed by atoms with E-state index in [0.717, 1.165) is 5.69 Å². The molecule has 0 atom stereocenters. The normalized spacial score (nSPS) is 11.3. The van der Waals surface area contributed by atoms with Gasteiger partial charge in [0.25, 0.3) is 5.91 Å². The third kappa shape index (κ3) is 4.65. The Balaban J connectivity index is 1.94. The molecule has 0 aliphatic carbocycles. The van der Waals surface area contributed by atoms with Crippen LogP contribution in [0.5, 0.6) is 0 Å². The van der Waals surface area contributed by atoms with Gasteiger partial charge in [0.1, 0.15) is 6.54 Å². The number of hydrogen-bond donors (Lipinski definition) is 1. The summed E-state index contributed by atoms with van der Waals surface area (Å²) >= 11 is 4.51. The second-order valence-corrected chi connectivity index (χ2v) is 7.74. The molecule has 0 aliphatic heterocycles. The van der Waals surface area contributed by atoms with Crippen LogP contribution in [0.2, 0.25) is 0 Å². The lowest BCUT2D eigenvalue weighted by molar-refractivity contribution is -0.116. The molecule has 6 nitrogen and oxygen atoms in total. The summed E-state index contributed by atoms with van der Waals surface area (Å²) in [6.45, 7) is 6.09. The Morgan fingerprint density at radius 2 is 2.09 bits per heavy atom. The average molecular weight is 400 g/mol. The maximum Gasteiger partial charge on any atom is 0.289 e. The predicted octanol–water partition coefficient (Wildman–Crippen LogP) is 3.51. The van der Waals surface area contributed by atoms with Gasteiger partial charge in [0, 0.05) is 17.8 Å². The maximum atomic E-state index is 12.1. The largest absolute Gasteiger partial charge is 0.444 e. The molecule has 2 aromatic rings. The van der Waals surface area contributed by atoms with Gasteiger partial charge in [-0.25, -0.2) is 4.98 Å². The SMILES string of the molecule is CN(CC(=O)Nc1nc(C(C)(C)C)cs1)C(=O)c1ccc(Br)o1. The molecule has 2 aromatic heterocycles. The quantitative estimate of drug-likeness (QED) is 0.853. The van der Waals surface area contributed by atoms with Gasteiger partial charge in [-0.3, -0.25) is 9.59 Å². The van der Waals surface area contributed by atoms with Gasteiger partial charge >= 0.3 is 0 Å². The Morgan fingerprint density at radius 1 is 1.39 bits per heavy atom. The van der Waals surface area contributed by atoms with E-state index in [4.69, 9.17) is 4.42 Å². The second-order valence-electron chi connectivity index (χ2n) is 6.10. The first-order valence-electron chi connectivity index (χ1n) is 6.93. The minimum absolute atomic E-state index is 0.0705. The van der Waals surface area contributed by atoms with E-state index in [1.165, 1.54) is 16.2 Å². The Bertz CT molecular complexity index is 718. The van der Waals surface area contributed by atoms with Gasteiger partial charge in [0.05, 0.1) is 5.69 Å². The number of anilines is 1. The van der Waals surface area contributed by atoms with Crippen molar-refractivity contribution < 1.29 is 14.0 Å². The standard InChI is InChI=1S/C15H18BrN3O3S/c1-15(2,3)10-8-23-14(17-10)18-12(20)7-19(4)13(21)9-5-6-11(16)22-9/h5-6,8H,7H2,1-4H3,(H,17,18,20). The van der Waals surface area contributed by atoms with Crippen molar-refractivity contribution in [2.75, 3.05) is 18.9 Å². The van der Waals surface area contributed by atoms with Crippen molar-refractivity contribution in [2.45, 2.75) is 26.2 Å². The molecule has 2 amide bonds. The number of nitrogens with one attached hydrogen (secondary N) is 1. The van der Waals surface area contributed by atoms with Crippen molar-refractivity contribution in [3.63, 3.8) is 0 Å². The van der Waals surface area contributed by atoms with Crippen LogP contribution in [-0.2, 0) is 10.2 Å². The van der Waals surface area contributed by atoms with Gasteiger partial charge < -0.3 is 14.6 Å². The number of aromatic nitrogens is 1. The summed E-state index contributed by atoms with van der Waals surface area (Å²) in [5.74, 6) is -0.488. The lowest BCUT2D eigenvalue weighted by Gasteiger charge is -2.15. The minimum Gasteiger partial charge on any atom is -0.444 e. The van der Waals surface area contributed by atoms with Crippen LogP contribution >= 0.6 is 27.3 Å². The first-order valence-corrected chi connectivity index (χ1v) is 8.61. The van der Waals surface area contributed by atoms with Crippen LogP contribution in [0.1, 0.15) is 37.0 Å². The van der Waals surface area contributed by atoms with E-state index >= 15 is 0 Å². The van der Waals surface area contributed by atoms with Gasteiger partial charge in [-0.15, -0.1) is 11.3 Å². The van der Waals surface area contributed by atoms with Crippen LogP contribution in [-0.4, -0.2) is 35.3 Å². The first-order chi connectivity index (χ1) is 10.7. The number of amides is 2. The Hall–Kier alpha value is -1.67. The smallest absolute Gasteiger partial charge is 0.289 e. The highest BCUT2D eigenvalue weighted by Crippen LogP contribution is 2.26. The molecule has 0 aliphatic rings. The van der Waals surface area contributed by atoms with Crippen LogP contribution in [0, 0.1) is 0 Å². The van der Waals surface area contributed by atoms with Crippen molar-refractivity contribution in [2.24, 2.45) is 0 Å². The molecule has 0 fully saturated rings. The third-order valence-electron chi connectivity index (χ3n) is 3.03. The summed E-state index contributed by atoms with van der Waals surface area (Å²) in [6, 6.07) is 3.18. The summed E-state index contributed by atoms with van der Waals surface area (Å²) < 4.78 is 5.66. The summed E-state index contributed by atoms with van der Waals surface area (Å²) in [7, 11) is 1.54.